The van der Waals surface area contributed by atoms with E-state index in [1.165, 1.54) is 32.1 Å². The molecule has 17 heavy (non-hydrogen) atoms. The van der Waals surface area contributed by atoms with Gasteiger partial charge in [0.05, 0.1) is 11.3 Å². The molecule has 2 rings (SSSR count). The minimum atomic E-state index is 0.692. The zero-order chi connectivity index (χ0) is 12.3. The van der Waals surface area contributed by atoms with Crippen LogP contribution >= 0.6 is 11.8 Å². The standard InChI is InChI=1S/C14H18N2S/c1-10-8-14(13(9-15)11(2)16-10)17-12-6-4-3-5-7-12/h8,12H,3-7H2,1-2H3. The summed E-state index contributed by atoms with van der Waals surface area (Å²) in [6.45, 7) is 3.93. The van der Waals surface area contributed by atoms with Crippen molar-refractivity contribution in [2.24, 2.45) is 0 Å². The predicted molar refractivity (Wildman–Crippen MR) is 71.2 cm³/mol. The molecule has 1 saturated carbocycles. The van der Waals surface area contributed by atoms with Gasteiger partial charge in [0.1, 0.15) is 6.07 Å². The van der Waals surface area contributed by atoms with Crippen molar-refractivity contribution < 1.29 is 0 Å². The number of nitrogens with zero attached hydrogens (tertiary/aromatic N) is 2. The van der Waals surface area contributed by atoms with Crippen molar-refractivity contribution >= 4 is 11.8 Å². The number of aromatic nitrogens is 1. The summed E-state index contributed by atoms with van der Waals surface area (Å²) >= 11 is 1.88. The summed E-state index contributed by atoms with van der Waals surface area (Å²) in [5.41, 5.74) is 2.65. The summed E-state index contributed by atoms with van der Waals surface area (Å²) in [6, 6.07) is 4.36. The lowest BCUT2D eigenvalue weighted by Gasteiger charge is -2.21. The molecule has 0 atom stereocenters. The Morgan fingerprint density at radius 2 is 2.00 bits per heavy atom. The molecule has 3 heteroatoms. The zero-order valence-electron chi connectivity index (χ0n) is 10.5. The first kappa shape index (κ1) is 12.4. The highest BCUT2D eigenvalue weighted by Crippen LogP contribution is 2.35. The van der Waals surface area contributed by atoms with Gasteiger partial charge < -0.3 is 0 Å². The lowest BCUT2D eigenvalue weighted by atomic mass is 10.0. The van der Waals surface area contributed by atoms with Crippen LogP contribution in [0.15, 0.2) is 11.0 Å². The van der Waals surface area contributed by atoms with E-state index in [0.717, 1.165) is 21.8 Å². The average molecular weight is 246 g/mol. The van der Waals surface area contributed by atoms with Crippen LogP contribution in [0.5, 0.6) is 0 Å². The van der Waals surface area contributed by atoms with Crippen molar-refractivity contribution in [2.45, 2.75) is 56.1 Å². The van der Waals surface area contributed by atoms with Crippen molar-refractivity contribution in [1.29, 1.82) is 5.26 Å². The summed E-state index contributed by atoms with van der Waals surface area (Å²) in [7, 11) is 0. The van der Waals surface area contributed by atoms with Crippen LogP contribution in [0, 0.1) is 25.2 Å². The van der Waals surface area contributed by atoms with Gasteiger partial charge in [-0.3, -0.25) is 4.98 Å². The molecule has 0 aromatic carbocycles. The number of pyridine rings is 1. The average Bonchev–Trinajstić information content (AvgIpc) is 2.30. The minimum Gasteiger partial charge on any atom is -0.257 e. The molecule has 0 amide bonds. The first-order chi connectivity index (χ1) is 8.20. The maximum absolute atomic E-state index is 9.22. The number of hydrogen-bond donors (Lipinski definition) is 0. The van der Waals surface area contributed by atoms with Gasteiger partial charge in [-0.25, -0.2) is 0 Å². The van der Waals surface area contributed by atoms with Crippen molar-refractivity contribution in [3.05, 3.63) is 23.0 Å². The van der Waals surface area contributed by atoms with Crippen molar-refractivity contribution in [2.75, 3.05) is 0 Å². The molecule has 90 valence electrons. The lowest BCUT2D eigenvalue weighted by molar-refractivity contribution is 0.516. The van der Waals surface area contributed by atoms with E-state index in [1.54, 1.807) is 0 Å². The van der Waals surface area contributed by atoms with Gasteiger partial charge in [0.2, 0.25) is 0 Å². The molecule has 0 N–H and O–H groups in total. The summed E-state index contributed by atoms with van der Waals surface area (Å²) < 4.78 is 0. The summed E-state index contributed by atoms with van der Waals surface area (Å²) in [5, 5.41) is 9.91. The Morgan fingerprint density at radius 1 is 1.29 bits per heavy atom. The Morgan fingerprint density at radius 3 is 2.65 bits per heavy atom. The lowest BCUT2D eigenvalue weighted by Crippen LogP contribution is -2.08. The third-order valence-electron chi connectivity index (χ3n) is 3.25. The third-order valence-corrected chi connectivity index (χ3v) is 4.63. The molecule has 0 saturated heterocycles. The highest BCUT2D eigenvalue weighted by Gasteiger charge is 2.17. The van der Waals surface area contributed by atoms with Gasteiger partial charge in [0.25, 0.3) is 0 Å². The van der Waals surface area contributed by atoms with Gasteiger partial charge in [0.15, 0.2) is 0 Å². The van der Waals surface area contributed by atoms with Crippen molar-refractivity contribution in [3.63, 3.8) is 0 Å². The van der Waals surface area contributed by atoms with E-state index in [0.29, 0.717) is 5.25 Å². The second-order valence-corrected chi connectivity index (χ2v) is 6.05. The number of rotatable bonds is 2. The molecule has 1 aliphatic carbocycles. The monoisotopic (exact) mass is 246 g/mol. The van der Waals surface area contributed by atoms with Crippen LogP contribution in [0.3, 0.4) is 0 Å². The van der Waals surface area contributed by atoms with Gasteiger partial charge in [-0.2, -0.15) is 5.26 Å². The number of hydrogen-bond acceptors (Lipinski definition) is 3. The van der Waals surface area contributed by atoms with Crippen molar-refractivity contribution in [1.82, 2.24) is 4.98 Å². The Balaban J connectivity index is 2.22. The maximum atomic E-state index is 9.22. The van der Waals surface area contributed by atoms with E-state index in [9.17, 15) is 5.26 Å². The molecular formula is C14H18N2S. The molecule has 1 aromatic rings. The molecule has 0 bridgehead atoms. The van der Waals surface area contributed by atoms with Gasteiger partial charge in [-0.05, 0) is 32.8 Å². The quantitative estimate of drug-likeness (QED) is 0.791. The van der Waals surface area contributed by atoms with Gasteiger partial charge in [-0.15, -0.1) is 11.8 Å². The van der Waals surface area contributed by atoms with E-state index in [4.69, 9.17) is 0 Å². The molecule has 0 unspecified atom stereocenters. The first-order valence-corrected chi connectivity index (χ1v) is 7.13. The Kier molecular flexibility index (Phi) is 4.06. The number of aryl methyl sites for hydroxylation is 2. The number of nitriles is 1. The van der Waals surface area contributed by atoms with Crippen LogP contribution in [-0.4, -0.2) is 10.2 Å². The van der Waals surface area contributed by atoms with Crippen LogP contribution in [0.4, 0.5) is 0 Å². The second kappa shape index (κ2) is 5.55. The fourth-order valence-corrected chi connectivity index (χ4v) is 3.86. The van der Waals surface area contributed by atoms with E-state index < -0.39 is 0 Å². The van der Waals surface area contributed by atoms with E-state index in [-0.39, 0.29) is 0 Å². The normalized spacial score (nSPS) is 16.8. The molecule has 0 spiro atoms. The Bertz CT molecular complexity index is 442. The predicted octanol–water partition coefficient (Wildman–Crippen LogP) is 3.99. The fourth-order valence-electron chi connectivity index (χ4n) is 2.38. The van der Waals surface area contributed by atoms with Gasteiger partial charge in [0, 0.05) is 15.8 Å². The van der Waals surface area contributed by atoms with Gasteiger partial charge in [-0.1, -0.05) is 19.3 Å². The molecule has 1 heterocycles. The van der Waals surface area contributed by atoms with Crippen LogP contribution < -0.4 is 0 Å². The summed E-state index contributed by atoms with van der Waals surface area (Å²) in [5.74, 6) is 0. The molecule has 1 aliphatic rings. The fraction of sp³-hybridized carbons (Fsp3) is 0.571. The third kappa shape index (κ3) is 3.01. The second-order valence-electron chi connectivity index (χ2n) is 4.71. The van der Waals surface area contributed by atoms with Gasteiger partial charge >= 0.3 is 0 Å². The number of thioether (sulfide) groups is 1. The minimum absolute atomic E-state index is 0.692. The summed E-state index contributed by atoms with van der Waals surface area (Å²) in [4.78, 5) is 5.49. The molecule has 0 radical (unpaired) electrons. The Hall–Kier alpha value is -1.01. The van der Waals surface area contributed by atoms with Crippen LogP contribution in [0.25, 0.3) is 0 Å². The Labute approximate surface area is 107 Å². The van der Waals surface area contributed by atoms with E-state index >= 15 is 0 Å². The molecular weight excluding hydrogens is 228 g/mol. The SMILES string of the molecule is Cc1cc(SC2CCCCC2)c(C#N)c(C)n1. The highest BCUT2D eigenvalue weighted by molar-refractivity contribution is 8.00. The zero-order valence-corrected chi connectivity index (χ0v) is 11.3. The largest absolute Gasteiger partial charge is 0.257 e. The summed E-state index contributed by atoms with van der Waals surface area (Å²) in [6.07, 6.45) is 6.62. The topological polar surface area (TPSA) is 36.7 Å². The van der Waals surface area contributed by atoms with Crippen molar-refractivity contribution in [3.8, 4) is 6.07 Å². The maximum Gasteiger partial charge on any atom is 0.102 e. The molecule has 2 nitrogen and oxygen atoms in total. The molecule has 0 aliphatic heterocycles. The van der Waals surface area contributed by atoms with Crippen LogP contribution in [0.1, 0.15) is 49.1 Å². The molecule has 1 aromatic heterocycles. The molecule has 1 fully saturated rings. The van der Waals surface area contributed by atoms with Crippen LogP contribution in [-0.2, 0) is 0 Å². The smallest absolute Gasteiger partial charge is 0.102 e. The first-order valence-electron chi connectivity index (χ1n) is 6.25. The van der Waals surface area contributed by atoms with E-state index in [1.807, 2.05) is 25.6 Å². The highest BCUT2D eigenvalue weighted by atomic mass is 32.2. The van der Waals surface area contributed by atoms with E-state index in [2.05, 4.69) is 17.1 Å². The van der Waals surface area contributed by atoms with Crippen LogP contribution in [0.2, 0.25) is 0 Å².